The zero-order valence-electron chi connectivity index (χ0n) is 26.4. The van der Waals surface area contributed by atoms with Crippen LogP contribution in [0.2, 0.25) is 5.02 Å². The van der Waals surface area contributed by atoms with E-state index in [4.69, 9.17) is 30.8 Å². The van der Waals surface area contributed by atoms with Gasteiger partial charge < -0.3 is 23.8 Å². The Bertz CT molecular complexity index is 2020. The molecule has 0 saturated carbocycles. The molecule has 6 heterocycles. The smallest absolute Gasteiger partial charge is 0.444 e. The summed E-state index contributed by atoms with van der Waals surface area (Å²) < 4.78 is 74.9. The highest BCUT2D eigenvalue weighted by atomic mass is 35.5. The number of nitrogens with one attached hydrogen (secondary N) is 1. The molecule has 256 valence electrons. The third-order valence-corrected chi connectivity index (χ3v) is 9.78. The Morgan fingerprint density at radius 2 is 1.90 bits per heavy atom. The van der Waals surface area contributed by atoms with Crippen molar-refractivity contribution in [3.8, 4) is 23.0 Å². The molecule has 10 nitrogen and oxygen atoms in total. The van der Waals surface area contributed by atoms with Gasteiger partial charge in [0.2, 0.25) is 5.82 Å². The molecule has 2 unspecified atom stereocenters. The number of para-hydroxylation sites is 1. The lowest BCUT2D eigenvalue weighted by Crippen LogP contribution is -2.34. The predicted molar refractivity (Wildman–Crippen MR) is 171 cm³/mol. The van der Waals surface area contributed by atoms with Crippen LogP contribution in [0.15, 0.2) is 48.7 Å². The van der Waals surface area contributed by atoms with E-state index in [1.54, 1.807) is 31.3 Å². The third kappa shape index (κ3) is 6.10. The summed E-state index contributed by atoms with van der Waals surface area (Å²) in [5.74, 6) is -0.834. The SMILES string of the molecule is CC1(c2ccc(Cl)cc2F)Oc2cccc(C3CCN(Cc4nc5cc(-c6nnc(C(F)(F)F)[nH]6)ncc5n4CC4CCCO4)CC3)c2O1. The summed E-state index contributed by atoms with van der Waals surface area (Å²) in [6, 6.07) is 11.9. The van der Waals surface area contributed by atoms with Gasteiger partial charge >= 0.3 is 6.18 Å². The molecule has 2 atom stereocenters. The highest BCUT2D eigenvalue weighted by Gasteiger charge is 2.43. The van der Waals surface area contributed by atoms with Crippen molar-refractivity contribution in [2.75, 3.05) is 19.7 Å². The summed E-state index contributed by atoms with van der Waals surface area (Å²) in [4.78, 5) is 13.9. The number of H-pyrrole nitrogens is 1. The number of alkyl halides is 3. The van der Waals surface area contributed by atoms with Crippen molar-refractivity contribution in [3.63, 3.8) is 0 Å². The molecule has 0 spiro atoms. The van der Waals surface area contributed by atoms with Gasteiger partial charge in [-0.1, -0.05) is 23.7 Å². The maximum atomic E-state index is 14.9. The van der Waals surface area contributed by atoms with Gasteiger partial charge in [-0.25, -0.2) is 9.37 Å². The van der Waals surface area contributed by atoms with Crippen molar-refractivity contribution in [3.05, 3.63) is 82.3 Å². The lowest BCUT2D eigenvalue weighted by atomic mass is 9.88. The maximum absolute atomic E-state index is 14.9. The molecule has 2 aromatic carbocycles. The van der Waals surface area contributed by atoms with E-state index in [1.165, 1.54) is 6.07 Å². The fourth-order valence-electron chi connectivity index (χ4n) is 7.06. The van der Waals surface area contributed by atoms with Gasteiger partial charge in [-0.05, 0) is 75.0 Å². The number of piperidine rings is 1. The normalized spacial score (nSPS) is 21.6. The summed E-state index contributed by atoms with van der Waals surface area (Å²) in [5, 5.41) is 7.19. The molecule has 49 heavy (non-hydrogen) atoms. The molecular weight excluding hydrogens is 666 g/mol. The van der Waals surface area contributed by atoms with Gasteiger partial charge in [0.1, 0.15) is 17.3 Å². The van der Waals surface area contributed by atoms with Crippen LogP contribution in [0.4, 0.5) is 17.6 Å². The molecule has 8 rings (SSSR count). The van der Waals surface area contributed by atoms with Crippen LogP contribution in [-0.4, -0.2) is 60.4 Å². The van der Waals surface area contributed by atoms with Gasteiger partial charge in [0.25, 0.3) is 5.79 Å². The molecular formula is C34H32ClF4N7O3. The molecule has 0 radical (unpaired) electrons. The summed E-state index contributed by atoms with van der Waals surface area (Å²) in [6.07, 6.45) is 0.663. The highest BCUT2D eigenvalue weighted by Crippen LogP contribution is 2.50. The van der Waals surface area contributed by atoms with E-state index in [9.17, 15) is 17.6 Å². The average molecular weight is 698 g/mol. The van der Waals surface area contributed by atoms with Crippen LogP contribution < -0.4 is 9.47 Å². The van der Waals surface area contributed by atoms with Gasteiger partial charge in [-0.15, -0.1) is 10.2 Å². The van der Waals surface area contributed by atoms with Crippen LogP contribution in [0.5, 0.6) is 11.5 Å². The van der Waals surface area contributed by atoms with E-state index in [-0.39, 0.29) is 29.1 Å². The Balaban J connectivity index is 1.01. The maximum Gasteiger partial charge on any atom is 0.451 e. The van der Waals surface area contributed by atoms with Crippen LogP contribution >= 0.6 is 11.6 Å². The Labute approximate surface area is 283 Å². The number of aromatic amines is 1. The van der Waals surface area contributed by atoms with E-state index >= 15 is 0 Å². The number of halogens is 5. The Morgan fingerprint density at radius 3 is 2.63 bits per heavy atom. The predicted octanol–water partition coefficient (Wildman–Crippen LogP) is 7.23. The molecule has 3 aliphatic rings. The van der Waals surface area contributed by atoms with E-state index in [0.29, 0.717) is 41.7 Å². The van der Waals surface area contributed by atoms with Crippen molar-refractivity contribution in [1.82, 2.24) is 34.6 Å². The lowest BCUT2D eigenvalue weighted by molar-refractivity contribution is -0.144. The minimum atomic E-state index is -4.64. The second kappa shape index (κ2) is 12.3. The lowest BCUT2D eigenvalue weighted by Gasteiger charge is -2.32. The molecule has 1 N–H and O–H groups in total. The zero-order chi connectivity index (χ0) is 33.9. The monoisotopic (exact) mass is 697 g/mol. The quantitative estimate of drug-likeness (QED) is 0.178. The van der Waals surface area contributed by atoms with Gasteiger partial charge in [-0.3, -0.25) is 9.88 Å². The van der Waals surface area contributed by atoms with E-state index in [2.05, 4.69) is 29.6 Å². The number of benzene rings is 2. The fraction of sp³-hybridized carbons (Fsp3) is 0.412. The van der Waals surface area contributed by atoms with Crippen molar-refractivity contribution >= 4 is 22.6 Å². The Hall–Kier alpha value is -4.27. The van der Waals surface area contributed by atoms with Crippen LogP contribution in [0.3, 0.4) is 0 Å². The number of aromatic nitrogens is 6. The van der Waals surface area contributed by atoms with Gasteiger partial charge in [0.05, 0.1) is 42.0 Å². The molecule has 2 fully saturated rings. The number of rotatable bonds is 7. The number of pyridine rings is 1. The van der Waals surface area contributed by atoms with Gasteiger partial charge in [0, 0.05) is 24.1 Å². The first-order valence-corrected chi connectivity index (χ1v) is 16.6. The van der Waals surface area contributed by atoms with Crippen molar-refractivity contribution in [1.29, 1.82) is 0 Å². The van der Waals surface area contributed by atoms with Crippen LogP contribution in [-0.2, 0) is 29.8 Å². The summed E-state index contributed by atoms with van der Waals surface area (Å²) in [6.45, 7) is 5.18. The fourth-order valence-corrected chi connectivity index (χ4v) is 7.22. The number of fused-ring (bicyclic) bond motifs is 2. The Morgan fingerprint density at radius 1 is 1.06 bits per heavy atom. The molecule has 2 saturated heterocycles. The molecule has 0 aliphatic carbocycles. The first kappa shape index (κ1) is 32.0. The first-order valence-electron chi connectivity index (χ1n) is 16.2. The summed E-state index contributed by atoms with van der Waals surface area (Å²) in [5.41, 5.74) is 2.91. The van der Waals surface area contributed by atoms with E-state index in [0.717, 1.165) is 55.7 Å². The number of likely N-dealkylation sites (tertiary alicyclic amines) is 1. The van der Waals surface area contributed by atoms with Crippen LogP contribution in [0.1, 0.15) is 61.3 Å². The second-order valence-corrected chi connectivity index (χ2v) is 13.3. The highest BCUT2D eigenvalue weighted by molar-refractivity contribution is 6.30. The van der Waals surface area contributed by atoms with Crippen molar-refractivity contribution in [2.24, 2.45) is 0 Å². The average Bonchev–Trinajstić information content (AvgIpc) is 3.88. The number of imidazole rings is 1. The van der Waals surface area contributed by atoms with Crippen molar-refractivity contribution < 1.29 is 31.8 Å². The molecule has 3 aliphatic heterocycles. The second-order valence-electron chi connectivity index (χ2n) is 12.9. The van der Waals surface area contributed by atoms with Crippen LogP contribution in [0, 0.1) is 5.82 Å². The van der Waals surface area contributed by atoms with Gasteiger partial charge in [0.15, 0.2) is 17.3 Å². The molecule has 0 bridgehead atoms. The minimum absolute atomic E-state index is 0.0413. The molecule has 3 aromatic heterocycles. The Kier molecular flexibility index (Phi) is 7.99. The number of hydrogen-bond donors (Lipinski definition) is 1. The standard InChI is InChI=1S/C34H32ClF4N7O3/c1-33(23-8-7-20(35)14-24(23)36)48-28-6-2-5-22(30(28)49-33)19-9-11-45(12-10-19)18-29-41-25-15-26(31-42-32(44-43-31)34(37,38)39)40-16-27(25)46(29)17-21-4-3-13-47-21/h2,5-8,14-16,19,21H,3-4,9-13,17-18H2,1H3,(H,42,43,44). The molecule has 5 aromatic rings. The number of nitrogens with zero attached hydrogens (tertiary/aromatic N) is 6. The minimum Gasteiger partial charge on any atom is -0.444 e. The van der Waals surface area contributed by atoms with Crippen LogP contribution in [0.25, 0.3) is 22.6 Å². The third-order valence-electron chi connectivity index (χ3n) is 9.55. The van der Waals surface area contributed by atoms with Gasteiger partial charge in [-0.2, -0.15) is 13.2 Å². The number of ether oxygens (including phenoxy) is 3. The number of hydrogen-bond acceptors (Lipinski definition) is 8. The largest absolute Gasteiger partial charge is 0.451 e. The van der Waals surface area contributed by atoms with Crippen molar-refractivity contribution in [2.45, 2.75) is 69.7 Å². The molecule has 0 amide bonds. The van der Waals surface area contributed by atoms with E-state index in [1.807, 2.05) is 18.2 Å². The zero-order valence-corrected chi connectivity index (χ0v) is 27.2. The summed E-state index contributed by atoms with van der Waals surface area (Å²) in [7, 11) is 0. The summed E-state index contributed by atoms with van der Waals surface area (Å²) >= 11 is 5.98. The topological polar surface area (TPSA) is 103 Å². The van der Waals surface area contributed by atoms with E-state index < -0.39 is 23.6 Å². The first-order chi connectivity index (χ1) is 23.5. The molecule has 15 heteroatoms.